The van der Waals surface area contributed by atoms with Gasteiger partial charge in [0.25, 0.3) is 0 Å². The van der Waals surface area contributed by atoms with Crippen molar-refractivity contribution < 1.29 is 14.3 Å². The average Bonchev–Trinajstić information content (AvgIpc) is 2.58. The number of hydrogen-bond acceptors (Lipinski definition) is 3. The predicted octanol–water partition coefficient (Wildman–Crippen LogP) is 3.41. The number of amides is 1. The Labute approximate surface area is 129 Å². The van der Waals surface area contributed by atoms with Crippen LogP contribution in [0.15, 0.2) is 30.3 Å². The Balaban J connectivity index is 0. The van der Waals surface area contributed by atoms with Crippen LogP contribution in [0.5, 0.6) is 0 Å². The summed E-state index contributed by atoms with van der Waals surface area (Å²) in [5.41, 5.74) is 1.15. The van der Waals surface area contributed by atoms with Crippen molar-refractivity contribution in [3.05, 3.63) is 35.9 Å². The first-order chi connectivity index (χ1) is 10.3. The molecule has 0 spiro atoms. The normalized spacial score (nSPS) is 8.81. The van der Waals surface area contributed by atoms with Crippen LogP contribution in [0.4, 0.5) is 0 Å². The highest BCUT2D eigenvalue weighted by atomic mass is 16.5. The third kappa shape index (κ3) is 14.8. The van der Waals surface area contributed by atoms with Crippen LogP contribution in [0.3, 0.4) is 0 Å². The van der Waals surface area contributed by atoms with Crippen LogP contribution < -0.4 is 5.32 Å². The lowest BCUT2D eigenvalue weighted by molar-refractivity contribution is -0.121. The quantitative estimate of drug-likeness (QED) is 0.748. The molecule has 0 unspecified atom stereocenters. The molecular formula is C17H31NO3. The first-order valence-electron chi connectivity index (χ1n) is 7.73. The molecule has 0 bridgehead atoms. The maximum absolute atomic E-state index is 10.9. The molecule has 0 fully saturated rings. The Morgan fingerprint density at radius 2 is 1.52 bits per heavy atom. The molecule has 0 radical (unpaired) electrons. The zero-order chi connectivity index (χ0) is 16.3. The third-order valence-corrected chi connectivity index (χ3v) is 2.24. The van der Waals surface area contributed by atoms with Crippen molar-refractivity contribution in [2.75, 3.05) is 26.9 Å². The van der Waals surface area contributed by atoms with Gasteiger partial charge >= 0.3 is 0 Å². The van der Waals surface area contributed by atoms with Gasteiger partial charge in [0.05, 0.1) is 26.4 Å². The first kappa shape index (κ1) is 21.9. The molecule has 1 rings (SSSR count). The Hall–Kier alpha value is -1.39. The Morgan fingerprint density at radius 1 is 0.952 bits per heavy atom. The summed E-state index contributed by atoms with van der Waals surface area (Å²) in [5.74, 6) is -0.00444. The van der Waals surface area contributed by atoms with E-state index in [0.717, 1.165) is 5.56 Å². The fourth-order valence-corrected chi connectivity index (χ4v) is 1.27. The van der Waals surface area contributed by atoms with Gasteiger partial charge in [-0.05, 0) is 5.56 Å². The molecule has 122 valence electrons. The zero-order valence-electron chi connectivity index (χ0n) is 14.1. The minimum Gasteiger partial charge on any atom is -0.379 e. The molecule has 1 amide bonds. The van der Waals surface area contributed by atoms with Gasteiger partial charge in [-0.1, -0.05) is 58.0 Å². The van der Waals surface area contributed by atoms with Gasteiger partial charge in [0.1, 0.15) is 0 Å². The molecule has 1 aromatic carbocycles. The van der Waals surface area contributed by atoms with Crippen LogP contribution in [0.2, 0.25) is 0 Å². The molecule has 0 saturated heterocycles. The molecule has 21 heavy (non-hydrogen) atoms. The number of rotatable bonds is 8. The van der Waals surface area contributed by atoms with Gasteiger partial charge < -0.3 is 14.8 Å². The summed E-state index contributed by atoms with van der Waals surface area (Å²) in [4.78, 5) is 10.9. The van der Waals surface area contributed by atoms with Gasteiger partial charge in [0.15, 0.2) is 0 Å². The molecule has 0 aliphatic heterocycles. The standard InChI is InChI=1S/C13H19NO3.2C2H6/c1-14-13(15)7-8-16-9-10-17-11-12-5-3-2-4-6-12;2*1-2/h2-6H,7-11H2,1H3,(H,14,15);2*1-2H3. The summed E-state index contributed by atoms with van der Waals surface area (Å²) in [6.45, 7) is 10.1. The van der Waals surface area contributed by atoms with Crippen molar-refractivity contribution in [2.24, 2.45) is 0 Å². The molecule has 0 aliphatic carbocycles. The van der Waals surface area contributed by atoms with Crippen molar-refractivity contribution in [1.82, 2.24) is 5.32 Å². The van der Waals surface area contributed by atoms with Crippen molar-refractivity contribution in [2.45, 2.75) is 40.7 Å². The Kier molecular flexibility index (Phi) is 19.4. The van der Waals surface area contributed by atoms with Crippen LogP contribution in [-0.4, -0.2) is 32.8 Å². The molecule has 0 heterocycles. The summed E-state index contributed by atoms with van der Waals surface area (Å²) >= 11 is 0. The lowest BCUT2D eigenvalue weighted by Crippen LogP contribution is -2.19. The summed E-state index contributed by atoms with van der Waals surface area (Å²) in [5, 5.41) is 2.54. The summed E-state index contributed by atoms with van der Waals surface area (Å²) < 4.78 is 10.7. The summed E-state index contributed by atoms with van der Waals surface area (Å²) in [6.07, 6.45) is 0.398. The van der Waals surface area contributed by atoms with E-state index in [9.17, 15) is 4.79 Å². The maximum atomic E-state index is 10.9. The van der Waals surface area contributed by atoms with Gasteiger partial charge in [-0.25, -0.2) is 0 Å². The van der Waals surface area contributed by atoms with Gasteiger partial charge in [-0.2, -0.15) is 0 Å². The van der Waals surface area contributed by atoms with E-state index in [0.29, 0.717) is 32.8 Å². The summed E-state index contributed by atoms with van der Waals surface area (Å²) in [7, 11) is 1.62. The van der Waals surface area contributed by atoms with E-state index in [-0.39, 0.29) is 5.91 Å². The number of hydrogen-bond donors (Lipinski definition) is 1. The molecule has 0 atom stereocenters. The van der Waals surface area contributed by atoms with Crippen LogP contribution in [0.1, 0.15) is 39.7 Å². The van der Waals surface area contributed by atoms with E-state index in [1.165, 1.54) is 0 Å². The number of carbonyl (C=O) groups excluding carboxylic acids is 1. The second kappa shape index (κ2) is 18.6. The molecule has 0 aromatic heterocycles. The third-order valence-electron chi connectivity index (χ3n) is 2.24. The van der Waals surface area contributed by atoms with E-state index in [1.54, 1.807) is 7.05 Å². The fraction of sp³-hybridized carbons (Fsp3) is 0.588. The van der Waals surface area contributed by atoms with E-state index >= 15 is 0 Å². The largest absolute Gasteiger partial charge is 0.379 e. The van der Waals surface area contributed by atoms with Gasteiger partial charge in [-0.3, -0.25) is 4.79 Å². The van der Waals surface area contributed by atoms with Gasteiger partial charge in [0.2, 0.25) is 5.91 Å². The van der Waals surface area contributed by atoms with Crippen LogP contribution in [0, 0.1) is 0 Å². The highest BCUT2D eigenvalue weighted by Crippen LogP contribution is 1.99. The smallest absolute Gasteiger partial charge is 0.222 e. The second-order valence-corrected chi connectivity index (χ2v) is 3.57. The van der Waals surface area contributed by atoms with Crippen molar-refractivity contribution in [1.29, 1.82) is 0 Å². The van der Waals surface area contributed by atoms with Crippen molar-refractivity contribution in [3.63, 3.8) is 0 Å². The highest BCUT2D eigenvalue weighted by molar-refractivity contribution is 5.75. The Bertz CT molecular complexity index is 315. The molecule has 4 nitrogen and oxygen atoms in total. The monoisotopic (exact) mass is 297 g/mol. The lowest BCUT2D eigenvalue weighted by atomic mass is 10.2. The van der Waals surface area contributed by atoms with Crippen molar-refractivity contribution >= 4 is 5.91 Å². The van der Waals surface area contributed by atoms with Crippen LogP contribution in [0.25, 0.3) is 0 Å². The molecule has 4 heteroatoms. The highest BCUT2D eigenvalue weighted by Gasteiger charge is 1.97. The van der Waals surface area contributed by atoms with E-state index in [4.69, 9.17) is 9.47 Å². The average molecular weight is 297 g/mol. The molecule has 1 N–H and O–H groups in total. The molecule has 0 aliphatic rings. The van der Waals surface area contributed by atoms with Gasteiger partial charge in [0, 0.05) is 13.5 Å². The Morgan fingerprint density at radius 3 is 2.10 bits per heavy atom. The topological polar surface area (TPSA) is 47.6 Å². The zero-order valence-corrected chi connectivity index (χ0v) is 14.1. The number of nitrogens with one attached hydrogen (secondary N) is 1. The second-order valence-electron chi connectivity index (χ2n) is 3.57. The van der Waals surface area contributed by atoms with Gasteiger partial charge in [-0.15, -0.1) is 0 Å². The maximum Gasteiger partial charge on any atom is 0.222 e. The molecule has 1 aromatic rings. The SMILES string of the molecule is CC.CC.CNC(=O)CCOCCOCc1ccccc1. The minimum absolute atomic E-state index is 0.00444. The van der Waals surface area contributed by atoms with Crippen LogP contribution >= 0.6 is 0 Å². The number of carbonyl (C=O) groups is 1. The van der Waals surface area contributed by atoms with Crippen LogP contribution in [-0.2, 0) is 20.9 Å². The molecular weight excluding hydrogens is 266 g/mol. The predicted molar refractivity (Wildman–Crippen MR) is 88.3 cm³/mol. The van der Waals surface area contributed by atoms with Crippen molar-refractivity contribution in [3.8, 4) is 0 Å². The minimum atomic E-state index is -0.00444. The van der Waals surface area contributed by atoms with E-state index in [2.05, 4.69) is 5.32 Å². The first-order valence-corrected chi connectivity index (χ1v) is 7.73. The van der Waals surface area contributed by atoms with E-state index in [1.807, 2.05) is 58.0 Å². The lowest BCUT2D eigenvalue weighted by Gasteiger charge is -2.05. The summed E-state index contributed by atoms with van der Waals surface area (Å²) in [6, 6.07) is 9.99. The fourth-order valence-electron chi connectivity index (χ4n) is 1.27. The molecule has 0 saturated carbocycles. The number of benzene rings is 1. The number of ether oxygens (including phenoxy) is 2. The van der Waals surface area contributed by atoms with E-state index < -0.39 is 0 Å².